The Balaban J connectivity index is 2.42. The minimum absolute atomic E-state index is 0.0600. The summed E-state index contributed by atoms with van der Waals surface area (Å²) in [4.78, 5) is 10.5. The molecule has 14 heavy (non-hydrogen) atoms. The van der Waals surface area contributed by atoms with E-state index in [0.717, 1.165) is 0 Å². The highest BCUT2D eigenvalue weighted by molar-refractivity contribution is 7.86. The van der Waals surface area contributed by atoms with Gasteiger partial charge < -0.3 is 9.47 Å². The number of hydrogen-bond acceptors (Lipinski definition) is 6. The van der Waals surface area contributed by atoms with E-state index in [1.54, 1.807) is 0 Å². The molecule has 6 nitrogen and oxygen atoms in total. The Labute approximate surface area is 81.6 Å². The molecule has 1 heterocycles. The van der Waals surface area contributed by atoms with E-state index in [0.29, 0.717) is 0 Å². The van der Waals surface area contributed by atoms with Crippen molar-refractivity contribution < 1.29 is 26.9 Å². The van der Waals surface area contributed by atoms with Gasteiger partial charge in [-0.2, -0.15) is 8.42 Å². The molecule has 0 aromatic carbocycles. The molecule has 1 atom stereocenters. The van der Waals surface area contributed by atoms with Gasteiger partial charge in [0.25, 0.3) is 10.1 Å². The largest absolute Gasteiger partial charge is 0.508 e. The summed E-state index contributed by atoms with van der Waals surface area (Å²) in [5.74, 6) is -0.396. The zero-order valence-electron chi connectivity index (χ0n) is 7.34. The summed E-state index contributed by atoms with van der Waals surface area (Å²) in [7, 11) is -3.68. The van der Waals surface area contributed by atoms with Crippen molar-refractivity contribution in [3.63, 3.8) is 0 Å². The zero-order chi connectivity index (χ0) is 10.6. The highest BCUT2D eigenvalue weighted by Gasteiger charge is 2.30. The number of rotatable bonds is 5. The topological polar surface area (TPSA) is 78.9 Å². The van der Waals surface area contributed by atoms with Gasteiger partial charge in [-0.05, 0) is 0 Å². The first-order chi connectivity index (χ1) is 6.53. The molecule has 0 aliphatic carbocycles. The summed E-state index contributed by atoms with van der Waals surface area (Å²) in [6.45, 7) is 3.15. The van der Waals surface area contributed by atoms with Gasteiger partial charge in [0.15, 0.2) is 6.10 Å². The molecule has 1 rings (SSSR count). The van der Waals surface area contributed by atoms with Gasteiger partial charge in [0.05, 0.1) is 6.61 Å². The predicted molar refractivity (Wildman–Crippen MR) is 46.2 cm³/mol. The summed E-state index contributed by atoms with van der Waals surface area (Å²) in [6.07, 6.45) is -0.319. The van der Waals surface area contributed by atoms with Crippen LogP contribution in [0.15, 0.2) is 12.7 Å². The molecule has 1 aliphatic heterocycles. The molecule has 0 bridgehead atoms. The van der Waals surface area contributed by atoms with E-state index in [1.807, 2.05) is 0 Å². The summed E-state index contributed by atoms with van der Waals surface area (Å²) in [6, 6.07) is 0. The van der Waals surface area contributed by atoms with Gasteiger partial charge in [-0.3, -0.25) is 4.18 Å². The Morgan fingerprint density at radius 2 is 2.36 bits per heavy atom. The van der Waals surface area contributed by atoms with Gasteiger partial charge in [-0.15, -0.1) is 6.58 Å². The minimum Gasteiger partial charge on any atom is -0.430 e. The van der Waals surface area contributed by atoms with E-state index in [9.17, 15) is 13.2 Å². The monoisotopic (exact) mass is 222 g/mol. The lowest BCUT2D eigenvalue weighted by Gasteiger charge is -2.06. The maximum Gasteiger partial charge on any atom is 0.508 e. The lowest BCUT2D eigenvalue weighted by Crippen LogP contribution is -2.24. The van der Waals surface area contributed by atoms with E-state index >= 15 is 0 Å². The standard InChI is InChI=1S/C7H10O6S/c1-2-3-12-14(9,10)5-6-4-11-7(8)13-6/h2,6H,1,3-5H2. The van der Waals surface area contributed by atoms with Gasteiger partial charge in [0.1, 0.15) is 12.4 Å². The highest BCUT2D eigenvalue weighted by atomic mass is 32.2. The smallest absolute Gasteiger partial charge is 0.430 e. The van der Waals surface area contributed by atoms with Gasteiger partial charge in [0, 0.05) is 0 Å². The van der Waals surface area contributed by atoms with Crippen LogP contribution in [0.25, 0.3) is 0 Å². The molecule has 1 fully saturated rings. The van der Waals surface area contributed by atoms with Crippen LogP contribution in [0.4, 0.5) is 4.79 Å². The Bertz CT molecular complexity index is 319. The van der Waals surface area contributed by atoms with E-state index in [1.165, 1.54) is 6.08 Å². The molecule has 7 heteroatoms. The van der Waals surface area contributed by atoms with Crippen LogP contribution in [-0.4, -0.2) is 39.6 Å². The van der Waals surface area contributed by atoms with Crippen molar-refractivity contribution in [1.29, 1.82) is 0 Å². The van der Waals surface area contributed by atoms with Crippen LogP contribution in [0.1, 0.15) is 0 Å². The Morgan fingerprint density at radius 1 is 1.64 bits per heavy atom. The average Bonchev–Trinajstić information content (AvgIpc) is 2.47. The summed E-state index contributed by atoms with van der Waals surface area (Å²) >= 11 is 0. The third-order valence-corrected chi connectivity index (χ3v) is 2.68. The molecule has 0 saturated carbocycles. The normalized spacial score (nSPS) is 21.4. The summed E-state index contributed by atoms with van der Waals surface area (Å²) < 4.78 is 35.7. The predicted octanol–water partition coefficient (Wildman–Crippen LogP) is 0.0542. The van der Waals surface area contributed by atoms with Crippen LogP contribution in [-0.2, 0) is 23.8 Å². The third-order valence-electron chi connectivity index (χ3n) is 1.41. The second kappa shape index (κ2) is 4.43. The number of ether oxygens (including phenoxy) is 2. The molecule has 0 aromatic heterocycles. The fourth-order valence-electron chi connectivity index (χ4n) is 0.875. The van der Waals surface area contributed by atoms with Crippen LogP contribution >= 0.6 is 0 Å². The molecule has 0 spiro atoms. The quantitative estimate of drug-likeness (QED) is 0.371. The lowest BCUT2D eigenvalue weighted by molar-refractivity contribution is 0.121. The van der Waals surface area contributed by atoms with Crippen LogP contribution in [0.3, 0.4) is 0 Å². The van der Waals surface area contributed by atoms with E-state index in [4.69, 9.17) is 0 Å². The molecule has 1 unspecified atom stereocenters. The second-order valence-electron chi connectivity index (χ2n) is 2.60. The Kier molecular flexibility index (Phi) is 3.48. The Hall–Kier alpha value is -1.08. The first-order valence-electron chi connectivity index (χ1n) is 3.85. The molecule has 0 aromatic rings. The highest BCUT2D eigenvalue weighted by Crippen LogP contribution is 2.09. The fraction of sp³-hybridized carbons (Fsp3) is 0.571. The maximum atomic E-state index is 11.1. The molecule has 1 saturated heterocycles. The van der Waals surface area contributed by atoms with Crippen molar-refractivity contribution in [1.82, 2.24) is 0 Å². The lowest BCUT2D eigenvalue weighted by atomic mass is 10.4. The number of hydrogen-bond donors (Lipinski definition) is 0. The van der Waals surface area contributed by atoms with Crippen LogP contribution < -0.4 is 0 Å². The van der Waals surface area contributed by atoms with Gasteiger partial charge in [-0.25, -0.2) is 4.79 Å². The molecular formula is C7H10O6S. The minimum atomic E-state index is -3.68. The third kappa shape index (κ3) is 3.35. The first kappa shape index (κ1) is 11.0. The summed E-state index contributed by atoms with van der Waals surface area (Å²) in [5.41, 5.74) is 0. The summed E-state index contributed by atoms with van der Waals surface area (Å²) in [5, 5.41) is 0. The molecular weight excluding hydrogens is 212 g/mol. The van der Waals surface area contributed by atoms with Gasteiger partial charge in [0.2, 0.25) is 0 Å². The van der Waals surface area contributed by atoms with Crippen molar-refractivity contribution in [2.24, 2.45) is 0 Å². The van der Waals surface area contributed by atoms with E-state index in [-0.39, 0.29) is 13.2 Å². The van der Waals surface area contributed by atoms with Crippen LogP contribution in [0.5, 0.6) is 0 Å². The van der Waals surface area contributed by atoms with Crippen LogP contribution in [0, 0.1) is 0 Å². The molecule has 0 radical (unpaired) electrons. The van der Waals surface area contributed by atoms with Crippen LogP contribution in [0.2, 0.25) is 0 Å². The second-order valence-corrected chi connectivity index (χ2v) is 4.28. The Morgan fingerprint density at radius 3 is 2.86 bits per heavy atom. The van der Waals surface area contributed by atoms with Crippen molar-refractivity contribution in [3.05, 3.63) is 12.7 Å². The van der Waals surface area contributed by atoms with E-state index < -0.39 is 28.1 Å². The number of cyclic esters (lactones) is 2. The fourth-order valence-corrected chi connectivity index (χ4v) is 1.89. The number of carbonyl (C=O) groups is 1. The average molecular weight is 222 g/mol. The molecule has 0 amide bonds. The molecule has 80 valence electrons. The van der Waals surface area contributed by atoms with E-state index in [2.05, 4.69) is 20.2 Å². The zero-order valence-corrected chi connectivity index (χ0v) is 8.16. The van der Waals surface area contributed by atoms with Gasteiger partial charge in [-0.1, -0.05) is 6.08 Å². The van der Waals surface area contributed by atoms with Crippen molar-refractivity contribution >= 4 is 16.3 Å². The van der Waals surface area contributed by atoms with Crippen molar-refractivity contribution in [3.8, 4) is 0 Å². The molecule has 1 aliphatic rings. The first-order valence-corrected chi connectivity index (χ1v) is 5.42. The number of carbonyl (C=O) groups excluding carboxylic acids is 1. The van der Waals surface area contributed by atoms with Crippen molar-refractivity contribution in [2.75, 3.05) is 19.0 Å². The van der Waals surface area contributed by atoms with Crippen molar-refractivity contribution in [2.45, 2.75) is 6.10 Å². The SMILES string of the molecule is C=CCOS(=O)(=O)CC1COC(=O)O1. The maximum absolute atomic E-state index is 11.1. The molecule has 0 N–H and O–H groups in total. The van der Waals surface area contributed by atoms with Gasteiger partial charge >= 0.3 is 6.16 Å².